The zero-order chi connectivity index (χ0) is 17.9. The molecular formula is C18H26N4O2S. The van der Waals surface area contributed by atoms with E-state index in [9.17, 15) is 8.42 Å². The van der Waals surface area contributed by atoms with Crippen molar-refractivity contribution in [3.63, 3.8) is 0 Å². The van der Waals surface area contributed by atoms with Crippen LogP contribution in [0.5, 0.6) is 0 Å². The average molecular weight is 362 g/mol. The van der Waals surface area contributed by atoms with Crippen LogP contribution >= 0.6 is 0 Å². The molecule has 0 spiro atoms. The number of rotatable bonds is 4. The van der Waals surface area contributed by atoms with Gasteiger partial charge in [0.2, 0.25) is 10.0 Å². The Morgan fingerprint density at radius 1 is 1.20 bits per heavy atom. The molecule has 3 rings (SSSR count). The molecule has 0 saturated carbocycles. The van der Waals surface area contributed by atoms with Crippen LogP contribution in [-0.2, 0) is 10.0 Å². The molecule has 0 aromatic heterocycles. The van der Waals surface area contributed by atoms with E-state index in [1.807, 2.05) is 24.3 Å². The fraction of sp³-hybridized carbons (Fsp3) is 0.500. The molecule has 0 unspecified atom stereocenters. The molecule has 0 bridgehead atoms. The van der Waals surface area contributed by atoms with Gasteiger partial charge < -0.3 is 10.2 Å². The van der Waals surface area contributed by atoms with Crippen LogP contribution < -0.4 is 5.32 Å². The zero-order valence-electron chi connectivity index (χ0n) is 14.8. The molecule has 1 N–H and O–H groups in total. The van der Waals surface area contributed by atoms with Gasteiger partial charge in [-0.1, -0.05) is 30.3 Å². The van der Waals surface area contributed by atoms with Gasteiger partial charge in [-0.2, -0.15) is 0 Å². The number of amidine groups is 1. The van der Waals surface area contributed by atoms with E-state index in [0.717, 1.165) is 18.7 Å². The van der Waals surface area contributed by atoms with Gasteiger partial charge in [0.25, 0.3) is 0 Å². The van der Waals surface area contributed by atoms with Gasteiger partial charge >= 0.3 is 0 Å². The van der Waals surface area contributed by atoms with Crippen LogP contribution in [0.25, 0.3) is 0 Å². The highest BCUT2D eigenvalue weighted by Gasteiger charge is 2.28. The van der Waals surface area contributed by atoms with E-state index in [2.05, 4.69) is 35.5 Å². The van der Waals surface area contributed by atoms with E-state index in [1.165, 1.54) is 11.8 Å². The number of nitrogens with zero attached hydrogens (tertiary/aromatic N) is 3. The Morgan fingerprint density at radius 3 is 2.44 bits per heavy atom. The molecule has 0 radical (unpaired) electrons. The summed E-state index contributed by atoms with van der Waals surface area (Å²) in [6, 6.07) is 10.7. The molecule has 2 heterocycles. The van der Waals surface area contributed by atoms with E-state index < -0.39 is 10.0 Å². The molecule has 136 valence electrons. The largest absolute Gasteiger partial charge is 0.357 e. The minimum atomic E-state index is -3.07. The lowest BCUT2D eigenvalue weighted by Crippen LogP contribution is -2.49. The fourth-order valence-corrected chi connectivity index (χ4v) is 4.18. The molecule has 1 aromatic rings. The number of nitrogens with one attached hydrogen (secondary N) is 1. The highest BCUT2D eigenvalue weighted by molar-refractivity contribution is 7.88. The average Bonchev–Trinajstić information content (AvgIpc) is 2.62. The number of sulfonamides is 1. The van der Waals surface area contributed by atoms with Gasteiger partial charge in [0.15, 0.2) is 0 Å². The molecule has 1 aromatic carbocycles. The summed E-state index contributed by atoms with van der Waals surface area (Å²) >= 11 is 0. The van der Waals surface area contributed by atoms with Crippen molar-refractivity contribution in [3.05, 3.63) is 48.2 Å². The molecule has 7 heteroatoms. The first kappa shape index (κ1) is 17.9. The monoisotopic (exact) mass is 362 g/mol. The van der Waals surface area contributed by atoms with Crippen LogP contribution in [0.4, 0.5) is 0 Å². The van der Waals surface area contributed by atoms with Crippen molar-refractivity contribution in [2.75, 3.05) is 26.0 Å². The van der Waals surface area contributed by atoms with Crippen LogP contribution in [0.2, 0.25) is 0 Å². The number of piperidine rings is 1. The van der Waals surface area contributed by atoms with Crippen molar-refractivity contribution in [2.45, 2.75) is 31.8 Å². The van der Waals surface area contributed by atoms with Gasteiger partial charge in [-0.25, -0.2) is 12.7 Å². The second-order valence-corrected chi connectivity index (χ2v) is 8.64. The zero-order valence-corrected chi connectivity index (χ0v) is 15.6. The molecule has 1 fully saturated rings. The molecule has 6 nitrogen and oxygen atoms in total. The van der Waals surface area contributed by atoms with Crippen LogP contribution in [0, 0.1) is 0 Å². The Labute approximate surface area is 150 Å². The molecule has 2 aliphatic rings. The number of hydrogen-bond acceptors (Lipinski definition) is 4. The minimum absolute atomic E-state index is 0.109. The summed E-state index contributed by atoms with van der Waals surface area (Å²) in [6.07, 6.45) is 7.07. The predicted molar refractivity (Wildman–Crippen MR) is 101 cm³/mol. The highest BCUT2D eigenvalue weighted by atomic mass is 32.2. The van der Waals surface area contributed by atoms with Gasteiger partial charge in [-0.15, -0.1) is 0 Å². The SMILES string of the molecule is C[C@H](N=C1C=CN(C2CCN(S(C)(=O)=O)CC2)CN1)c1ccccc1. The molecule has 25 heavy (non-hydrogen) atoms. The number of aliphatic imine (C=N–C) groups is 1. The van der Waals surface area contributed by atoms with Gasteiger partial charge in [-0.3, -0.25) is 4.99 Å². The van der Waals surface area contributed by atoms with Crippen molar-refractivity contribution in [2.24, 2.45) is 4.99 Å². The summed E-state index contributed by atoms with van der Waals surface area (Å²) in [7, 11) is -3.07. The maximum absolute atomic E-state index is 11.6. The van der Waals surface area contributed by atoms with Gasteiger partial charge in [-0.05, 0) is 31.4 Å². The summed E-state index contributed by atoms with van der Waals surface area (Å²) in [5, 5.41) is 3.37. The molecule has 0 aliphatic carbocycles. The van der Waals surface area contributed by atoms with E-state index in [4.69, 9.17) is 4.99 Å². The van der Waals surface area contributed by atoms with E-state index >= 15 is 0 Å². The van der Waals surface area contributed by atoms with E-state index in [0.29, 0.717) is 25.8 Å². The number of hydrogen-bond donors (Lipinski definition) is 1. The first-order chi connectivity index (χ1) is 11.9. The van der Waals surface area contributed by atoms with E-state index in [1.54, 1.807) is 4.31 Å². The smallest absolute Gasteiger partial charge is 0.211 e. The van der Waals surface area contributed by atoms with Crippen molar-refractivity contribution >= 4 is 15.9 Å². The second-order valence-electron chi connectivity index (χ2n) is 6.66. The van der Waals surface area contributed by atoms with Crippen LogP contribution in [0.3, 0.4) is 0 Å². The second kappa shape index (κ2) is 7.58. The normalized spacial score (nSPS) is 22.8. The summed E-state index contributed by atoms with van der Waals surface area (Å²) in [5.41, 5.74) is 1.20. The summed E-state index contributed by atoms with van der Waals surface area (Å²) in [4.78, 5) is 6.98. The maximum Gasteiger partial charge on any atom is 0.211 e. The molecular weight excluding hydrogens is 336 g/mol. The lowest BCUT2D eigenvalue weighted by molar-refractivity contribution is 0.184. The Balaban J connectivity index is 1.57. The lowest BCUT2D eigenvalue weighted by Gasteiger charge is -2.38. The fourth-order valence-electron chi connectivity index (χ4n) is 3.31. The standard InChI is InChI=1S/C18H26N4O2S/c1-15(16-6-4-3-5-7-16)20-18-10-11-21(14-19-18)17-8-12-22(13-9-17)25(2,23)24/h3-7,10-11,15,17H,8-9,12-14H2,1-2H3,(H,19,20)/t15-/m0/s1. The molecule has 2 aliphatic heterocycles. The van der Waals surface area contributed by atoms with Gasteiger partial charge in [0, 0.05) is 25.3 Å². The summed E-state index contributed by atoms with van der Waals surface area (Å²) in [6.45, 7) is 3.99. The highest BCUT2D eigenvalue weighted by Crippen LogP contribution is 2.20. The number of benzene rings is 1. The van der Waals surface area contributed by atoms with Crippen LogP contribution in [-0.4, -0.2) is 55.5 Å². The third-order valence-electron chi connectivity index (χ3n) is 4.84. The Hall–Kier alpha value is -1.86. The Kier molecular flexibility index (Phi) is 5.44. The maximum atomic E-state index is 11.6. The van der Waals surface area contributed by atoms with Crippen molar-refractivity contribution < 1.29 is 8.42 Å². The van der Waals surface area contributed by atoms with Gasteiger partial charge in [0.1, 0.15) is 5.84 Å². The molecule has 1 saturated heterocycles. The molecule has 1 atom stereocenters. The summed E-state index contributed by atoms with van der Waals surface area (Å²) in [5.74, 6) is 0.890. The van der Waals surface area contributed by atoms with Crippen molar-refractivity contribution in [1.82, 2.24) is 14.5 Å². The third kappa shape index (κ3) is 4.61. The third-order valence-corrected chi connectivity index (χ3v) is 6.15. The molecule has 0 amide bonds. The van der Waals surface area contributed by atoms with Gasteiger partial charge in [0.05, 0.1) is 19.0 Å². The van der Waals surface area contributed by atoms with Crippen LogP contribution in [0.1, 0.15) is 31.4 Å². The first-order valence-corrected chi connectivity index (χ1v) is 10.5. The Morgan fingerprint density at radius 2 is 1.88 bits per heavy atom. The first-order valence-electron chi connectivity index (χ1n) is 8.69. The predicted octanol–water partition coefficient (Wildman–Crippen LogP) is 1.95. The topological polar surface area (TPSA) is 65.0 Å². The minimum Gasteiger partial charge on any atom is -0.357 e. The van der Waals surface area contributed by atoms with Crippen molar-refractivity contribution in [3.8, 4) is 0 Å². The van der Waals surface area contributed by atoms with Crippen LogP contribution in [0.15, 0.2) is 47.6 Å². The van der Waals surface area contributed by atoms with E-state index in [-0.39, 0.29) is 6.04 Å². The van der Waals surface area contributed by atoms with Crippen molar-refractivity contribution in [1.29, 1.82) is 0 Å². The quantitative estimate of drug-likeness (QED) is 0.889. The Bertz CT molecular complexity index is 738. The summed E-state index contributed by atoms with van der Waals surface area (Å²) < 4.78 is 24.8. The lowest BCUT2D eigenvalue weighted by atomic mass is 10.1.